The minimum atomic E-state index is 0. The van der Waals surface area contributed by atoms with Gasteiger partial charge in [0.1, 0.15) is 0 Å². The number of amides is 1. The largest absolute Gasteiger partial charge is 0.316 e. The lowest BCUT2D eigenvalue weighted by atomic mass is 10.0. The van der Waals surface area contributed by atoms with Crippen LogP contribution >= 0.6 is 12.4 Å². The van der Waals surface area contributed by atoms with Crippen LogP contribution in [0.2, 0.25) is 0 Å². The molecule has 5 nitrogen and oxygen atoms in total. The molecular weight excluding hydrogens is 312 g/mol. The fourth-order valence-electron chi connectivity index (χ4n) is 3.10. The van der Waals surface area contributed by atoms with Gasteiger partial charge in [-0.05, 0) is 50.4 Å². The van der Waals surface area contributed by atoms with Crippen LogP contribution in [0.25, 0.3) is 11.0 Å². The van der Waals surface area contributed by atoms with E-state index in [1.807, 2.05) is 18.2 Å². The molecule has 0 radical (unpaired) electrons. The Labute approximate surface area is 143 Å². The molecule has 2 heterocycles. The van der Waals surface area contributed by atoms with Crippen LogP contribution in [0.4, 0.5) is 5.95 Å². The smallest absolute Gasteiger partial charge is 0.226 e. The fraction of sp³-hybridized carbons (Fsp3) is 0.529. The predicted octanol–water partition coefficient (Wildman–Crippen LogP) is 3.20. The van der Waals surface area contributed by atoms with Crippen LogP contribution < -0.4 is 10.6 Å². The topological polar surface area (TPSA) is 59.0 Å². The van der Waals surface area contributed by atoms with Crippen molar-refractivity contribution in [2.45, 2.75) is 39.2 Å². The van der Waals surface area contributed by atoms with Gasteiger partial charge < -0.3 is 9.88 Å². The molecular formula is C17H25ClN4O. The summed E-state index contributed by atoms with van der Waals surface area (Å²) in [5.41, 5.74) is 2.02. The Balaban J connectivity index is 0.00000192. The van der Waals surface area contributed by atoms with Crippen molar-refractivity contribution in [1.82, 2.24) is 14.9 Å². The van der Waals surface area contributed by atoms with E-state index < -0.39 is 0 Å². The zero-order chi connectivity index (χ0) is 15.4. The van der Waals surface area contributed by atoms with E-state index in [0.717, 1.165) is 43.5 Å². The van der Waals surface area contributed by atoms with Crippen LogP contribution in [0.15, 0.2) is 24.3 Å². The maximum Gasteiger partial charge on any atom is 0.226 e. The third-order valence-corrected chi connectivity index (χ3v) is 4.30. The van der Waals surface area contributed by atoms with Crippen molar-refractivity contribution in [3.05, 3.63) is 24.3 Å². The number of anilines is 1. The first-order valence-electron chi connectivity index (χ1n) is 8.23. The van der Waals surface area contributed by atoms with Crippen molar-refractivity contribution in [3.63, 3.8) is 0 Å². The van der Waals surface area contributed by atoms with E-state index in [2.05, 4.69) is 33.2 Å². The maximum absolute atomic E-state index is 12.2. The van der Waals surface area contributed by atoms with E-state index >= 15 is 0 Å². The molecule has 1 atom stereocenters. The van der Waals surface area contributed by atoms with E-state index in [4.69, 9.17) is 0 Å². The number of benzene rings is 1. The van der Waals surface area contributed by atoms with Gasteiger partial charge in [-0.25, -0.2) is 4.98 Å². The van der Waals surface area contributed by atoms with Crippen LogP contribution in [0.1, 0.15) is 32.6 Å². The number of rotatable bonds is 6. The molecule has 126 valence electrons. The van der Waals surface area contributed by atoms with Gasteiger partial charge in [-0.1, -0.05) is 19.1 Å². The number of hydrogen-bond acceptors (Lipinski definition) is 3. The quantitative estimate of drug-likeness (QED) is 0.851. The van der Waals surface area contributed by atoms with Crippen LogP contribution in [0, 0.1) is 5.92 Å². The molecule has 1 aliphatic heterocycles. The minimum Gasteiger partial charge on any atom is -0.316 e. The SMILES string of the molecule is CCCn1c(NC(=O)CCC2CCNC2)nc2ccccc21.Cl. The van der Waals surface area contributed by atoms with Gasteiger partial charge in [-0.15, -0.1) is 12.4 Å². The van der Waals surface area contributed by atoms with E-state index in [-0.39, 0.29) is 18.3 Å². The summed E-state index contributed by atoms with van der Waals surface area (Å²) in [6.07, 6.45) is 3.72. The summed E-state index contributed by atoms with van der Waals surface area (Å²) in [5, 5.41) is 6.34. The van der Waals surface area contributed by atoms with Gasteiger partial charge in [0, 0.05) is 13.0 Å². The van der Waals surface area contributed by atoms with Gasteiger partial charge in [-0.3, -0.25) is 10.1 Å². The summed E-state index contributed by atoms with van der Waals surface area (Å²) in [5.74, 6) is 1.39. The molecule has 2 aromatic rings. The second-order valence-electron chi connectivity index (χ2n) is 6.02. The van der Waals surface area contributed by atoms with Gasteiger partial charge in [0.2, 0.25) is 11.9 Å². The van der Waals surface area contributed by atoms with Gasteiger partial charge in [-0.2, -0.15) is 0 Å². The molecule has 1 unspecified atom stereocenters. The number of para-hydroxylation sites is 2. The van der Waals surface area contributed by atoms with Crippen molar-refractivity contribution in [2.24, 2.45) is 5.92 Å². The Morgan fingerprint density at radius 1 is 1.43 bits per heavy atom. The fourth-order valence-corrected chi connectivity index (χ4v) is 3.10. The molecule has 0 saturated carbocycles. The normalized spacial score (nSPS) is 17.2. The number of aryl methyl sites for hydroxylation is 1. The first-order valence-corrected chi connectivity index (χ1v) is 8.23. The molecule has 23 heavy (non-hydrogen) atoms. The highest BCUT2D eigenvalue weighted by Gasteiger charge is 2.17. The monoisotopic (exact) mass is 336 g/mol. The highest BCUT2D eigenvalue weighted by atomic mass is 35.5. The molecule has 3 rings (SSSR count). The van der Waals surface area contributed by atoms with E-state index in [0.29, 0.717) is 18.3 Å². The Morgan fingerprint density at radius 2 is 2.26 bits per heavy atom. The predicted molar refractivity (Wildman–Crippen MR) is 96.1 cm³/mol. The lowest BCUT2D eigenvalue weighted by molar-refractivity contribution is -0.116. The second-order valence-corrected chi connectivity index (χ2v) is 6.02. The number of imidazole rings is 1. The number of nitrogens with zero attached hydrogens (tertiary/aromatic N) is 2. The molecule has 2 N–H and O–H groups in total. The standard InChI is InChI=1S/C17H24N4O.ClH/c1-2-11-21-15-6-4-3-5-14(15)19-17(21)20-16(22)8-7-13-9-10-18-12-13;/h3-6,13,18H,2,7-12H2,1H3,(H,19,20,22);1H. The third kappa shape index (κ3) is 4.24. The number of nitrogens with one attached hydrogen (secondary N) is 2. The summed E-state index contributed by atoms with van der Waals surface area (Å²) in [6, 6.07) is 8.03. The number of halogens is 1. The van der Waals surface area contributed by atoms with Gasteiger partial charge in [0.15, 0.2) is 0 Å². The zero-order valence-corrected chi connectivity index (χ0v) is 14.4. The van der Waals surface area contributed by atoms with E-state index in [1.165, 1.54) is 6.42 Å². The van der Waals surface area contributed by atoms with Gasteiger partial charge in [0.25, 0.3) is 0 Å². The summed E-state index contributed by atoms with van der Waals surface area (Å²) < 4.78 is 2.10. The summed E-state index contributed by atoms with van der Waals surface area (Å²) in [6.45, 7) is 5.12. The second kappa shape index (κ2) is 8.31. The number of carbonyl (C=O) groups excluding carboxylic acids is 1. The molecule has 0 aliphatic carbocycles. The molecule has 1 aromatic heterocycles. The Bertz CT molecular complexity index is 649. The highest BCUT2D eigenvalue weighted by molar-refractivity contribution is 5.91. The summed E-state index contributed by atoms with van der Waals surface area (Å²) in [7, 11) is 0. The van der Waals surface area contributed by atoms with E-state index in [1.54, 1.807) is 0 Å². The van der Waals surface area contributed by atoms with Crippen molar-refractivity contribution in [2.75, 3.05) is 18.4 Å². The van der Waals surface area contributed by atoms with Crippen LogP contribution in [-0.2, 0) is 11.3 Å². The van der Waals surface area contributed by atoms with Crippen LogP contribution in [0.3, 0.4) is 0 Å². The molecule has 1 fully saturated rings. The number of carbonyl (C=O) groups is 1. The maximum atomic E-state index is 12.2. The minimum absolute atomic E-state index is 0. The lowest BCUT2D eigenvalue weighted by Crippen LogP contribution is -2.17. The third-order valence-electron chi connectivity index (χ3n) is 4.30. The molecule has 1 amide bonds. The molecule has 1 saturated heterocycles. The highest BCUT2D eigenvalue weighted by Crippen LogP contribution is 2.21. The number of hydrogen-bond donors (Lipinski definition) is 2. The Kier molecular flexibility index (Phi) is 6.42. The van der Waals surface area contributed by atoms with Crippen LogP contribution in [0.5, 0.6) is 0 Å². The average molecular weight is 337 g/mol. The number of aromatic nitrogens is 2. The first-order chi connectivity index (χ1) is 10.8. The zero-order valence-electron chi connectivity index (χ0n) is 13.5. The summed E-state index contributed by atoms with van der Waals surface area (Å²) in [4.78, 5) is 16.8. The molecule has 1 aliphatic rings. The Morgan fingerprint density at radius 3 is 3.00 bits per heavy atom. The summed E-state index contributed by atoms with van der Waals surface area (Å²) >= 11 is 0. The Hall–Kier alpha value is -1.59. The first kappa shape index (κ1) is 17.8. The molecule has 0 spiro atoms. The average Bonchev–Trinajstić information content (AvgIpc) is 3.14. The van der Waals surface area contributed by atoms with Gasteiger partial charge >= 0.3 is 0 Å². The van der Waals surface area contributed by atoms with Crippen LogP contribution in [-0.4, -0.2) is 28.5 Å². The lowest BCUT2D eigenvalue weighted by Gasteiger charge is -2.10. The number of fused-ring (bicyclic) bond motifs is 1. The van der Waals surface area contributed by atoms with Crippen molar-refractivity contribution in [1.29, 1.82) is 0 Å². The molecule has 6 heteroatoms. The van der Waals surface area contributed by atoms with E-state index in [9.17, 15) is 4.79 Å². The van der Waals surface area contributed by atoms with Crippen molar-refractivity contribution >= 4 is 35.3 Å². The molecule has 0 bridgehead atoms. The van der Waals surface area contributed by atoms with Crippen molar-refractivity contribution in [3.8, 4) is 0 Å². The molecule has 1 aromatic carbocycles. The van der Waals surface area contributed by atoms with Gasteiger partial charge in [0.05, 0.1) is 11.0 Å². The van der Waals surface area contributed by atoms with Crippen molar-refractivity contribution < 1.29 is 4.79 Å².